The first kappa shape index (κ1) is 15.0. The third-order valence-electron chi connectivity index (χ3n) is 4.11. The van der Waals surface area contributed by atoms with Crippen molar-refractivity contribution in [3.63, 3.8) is 0 Å². The maximum absolute atomic E-state index is 13.9. The number of halogens is 2. The Balaban J connectivity index is 1.76. The molecule has 4 heteroatoms. The monoisotopic (exact) mass is 317 g/mol. The first-order valence-corrected chi connectivity index (χ1v) is 7.75. The lowest BCUT2D eigenvalue weighted by Crippen LogP contribution is -2.27. The Morgan fingerprint density at radius 3 is 2.59 bits per heavy atom. The average molecular weight is 318 g/mol. The van der Waals surface area contributed by atoms with E-state index in [0.29, 0.717) is 10.6 Å². The van der Waals surface area contributed by atoms with Gasteiger partial charge in [-0.1, -0.05) is 42.8 Å². The summed E-state index contributed by atoms with van der Waals surface area (Å²) in [5.41, 5.74) is 2.43. The van der Waals surface area contributed by atoms with Crippen LogP contribution >= 0.6 is 11.6 Å². The summed E-state index contributed by atoms with van der Waals surface area (Å²) in [5.74, 6) is -0.0681. The summed E-state index contributed by atoms with van der Waals surface area (Å²) in [7, 11) is 0. The minimum Gasteiger partial charge on any atom is -0.353 e. The number of hydrogen-bond donors (Lipinski definition) is 1. The predicted octanol–water partition coefficient (Wildman–Crippen LogP) is 4.21. The summed E-state index contributed by atoms with van der Waals surface area (Å²) in [5, 5.41) is 3.52. The van der Waals surface area contributed by atoms with E-state index in [9.17, 15) is 9.18 Å². The quantitative estimate of drug-likeness (QED) is 0.902. The largest absolute Gasteiger partial charge is 0.353 e. The van der Waals surface area contributed by atoms with Gasteiger partial charge in [0.1, 0.15) is 5.82 Å². The van der Waals surface area contributed by atoms with Crippen LogP contribution in [-0.2, 0) is 11.2 Å². The number of carbonyl (C=O) groups excluding carboxylic acids is 1. The minimum atomic E-state index is -0.283. The van der Waals surface area contributed by atoms with Gasteiger partial charge < -0.3 is 5.32 Å². The third-order valence-corrected chi connectivity index (χ3v) is 4.34. The molecule has 22 heavy (non-hydrogen) atoms. The standard InChI is InChI=1S/C18H17ClFNO/c1-11-8-15(21-18(11)22)9-12-2-4-13(5-3-12)16-10-14(19)6-7-17(16)20/h2-7,10-11,15H,8-9H2,1H3,(H,21,22)/t11-,15-/m0/s1. The van der Waals surface area contributed by atoms with Crippen molar-refractivity contribution in [2.24, 2.45) is 5.92 Å². The van der Waals surface area contributed by atoms with Crippen LogP contribution in [0.3, 0.4) is 0 Å². The molecule has 0 saturated carbocycles. The molecule has 0 aromatic heterocycles. The highest BCUT2D eigenvalue weighted by molar-refractivity contribution is 6.30. The molecule has 114 valence electrons. The maximum Gasteiger partial charge on any atom is 0.223 e. The topological polar surface area (TPSA) is 29.1 Å². The smallest absolute Gasteiger partial charge is 0.223 e. The van der Waals surface area contributed by atoms with Crippen molar-refractivity contribution < 1.29 is 9.18 Å². The number of hydrogen-bond acceptors (Lipinski definition) is 1. The second-order valence-corrected chi connectivity index (χ2v) is 6.30. The van der Waals surface area contributed by atoms with Crippen molar-refractivity contribution in [2.75, 3.05) is 0 Å². The molecule has 1 amide bonds. The van der Waals surface area contributed by atoms with Crippen LogP contribution in [0.2, 0.25) is 5.02 Å². The van der Waals surface area contributed by atoms with E-state index in [-0.39, 0.29) is 23.7 Å². The summed E-state index contributed by atoms with van der Waals surface area (Å²) in [4.78, 5) is 11.5. The van der Waals surface area contributed by atoms with Crippen molar-refractivity contribution in [3.8, 4) is 11.1 Å². The lowest BCUT2D eigenvalue weighted by Gasteiger charge is -2.11. The van der Waals surface area contributed by atoms with Crippen molar-refractivity contribution in [1.29, 1.82) is 0 Å². The molecular formula is C18H17ClFNO. The van der Waals surface area contributed by atoms with Crippen LogP contribution < -0.4 is 5.32 Å². The second-order valence-electron chi connectivity index (χ2n) is 5.87. The molecule has 1 aliphatic heterocycles. The van der Waals surface area contributed by atoms with Crippen LogP contribution in [0.5, 0.6) is 0 Å². The molecule has 1 fully saturated rings. The van der Waals surface area contributed by atoms with Crippen molar-refractivity contribution >= 4 is 17.5 Å². The Hall–Kier alpha value is -1.87. The van der Waals surface area contributed by atoms with E-state index in [4.69, 9.17) is 11.6 Å². The second kappa shape index (κ2) is 6.09. The van der Waals surface area contributed by atoms with Crippen molar-refractivity contribution in [3.05, 3.63) is 58.9 Å². The van der Waals surface area contributed by atoms with Crippen LogP contribution in [0, 0.1) is 11.7 Å². The zero-order valence-corrected chi connectivity index (χ0v) is 13.0. The van der Waals surface area contributed by atoms with E-state index >= 15 is 0 Å². The number of nitrogens with one attached hydrogen (secondary N) is 1. The van der Waals surface area contributed by atoms with Crippen LogP contribution in [0.25, 0.3) is 11.1 Å². The average Bonchev–Trinajstić information content (AvgIpc) is 2.81. The SMILES string of the molecule is C[C@H]1C[C@@H](Cc2ccc(-c3cc(Cl)ccc3F)cc2)NC1=O. The van der Waals surface area contributed by atoms with E-state index in [2.05, 4.69) is 5.32 Å². The van der Waals surface area contributed by atoms with Gasteiger partial charge in [-0.3, -0.25) is 4.79 Å². The molecule has 1 N–H and O–H groups in total. The molecule has 2 atom stereocenters. The zero-order chi connectivity index (χ0) is 15.7. The van der Waals surface area contributed by atoms with Gasteiger partial charge in [-0.05, 0) is 42.2 Å². The molecule has 2 nitrogen and oxygen atoms in total. The predicted molar refractivity (Wildman–Crippen MR) is 86.3 cm³/mol. The molecule has 1 saturated heterocycles. The van der Waals surface area contributed by atoms with Gasteiger partial charge in [-0.2, -0.15) is 0 Å². The van der Waals surface area contributed by atoms with Crippen LogP contribution in [0.1, 0.15) is 18.9 Å². The Bertz CT molecular complexity index is 699. The minimum absolute atomic E-state index is 0.0878. The van der Waals surface area contributed by atoms with E-state index in [1.54, 1.807) is 12.1 Å². The number of rotatable bonds is 3. The molecule has 3 rings (SSSR count). The summed E-state index contributed by atoms with van der Waals surface area (Å²) >= 11 is 5.93. The van der Waals surface area contributed by atoms with Gasteiger partial charge in [0.25, 0.3) is 0 Å². The summed E-state index contributed by atoms with van der Waals surface area (Å²) < 4.78 is 13.9. The van der Waals surface area contributed by atoms with Crippen LogP contribution in [-0.4, -0.2) is 11.9 Å². The lowest BCUT2D eigenvalue weighted by atomic mass is 9.98. The highest BCUT2D eigenvalue weighted by atomic mass is 35.5. The number of carbonyl (C=O) groups is 1. The molecular weight excluding hydrogens is 301 g/mol. The molecule has 2 aromatic carbocycles. The van der Waals surface area contributed by atoms with E-state index in [1.165, 1.54) is 6.07 Å². The molecule has 1 heterocycles. The number of amides is 1. The van der Waals surface area contributed by atoms with Gasteiger partial charge >= 0.3 is 0 Å². The first-order chi connectivity index (χ1) is 10.5. The Morgan fingerprint density at radius 2 is 1.95 bits per heavy atom. The Morgan fingerprint density at radius 1 is 1.23 bits per heavy atom. The van der Waals surface area contributed by atoms with Gasteiger partial charge in [0.15, 0.2) is 0 Å². The summed E-state index contributed by atoms with van der Waals surface area (Å²) in [6.45, 7) is 1.94. The van der Waals surface area contributed by atoms with Gasteiger partial charge in [-0.25, -0.2) is 4.39 Å². The van der Waals surface area contributed by atoms with Crippen molar-refractivity contribution in [2.45, 2.75) is 25.8 Å². The fraction of sp³-hybridized carbons (Fsp3) is 0.278. The Labute approximate surface area is 134 Å². The zero-order valence-electron chi connectivity index (χ0n) is 12.3. The van der Waals surface area contributed by atoms with Crippen LogP contribution in [0.4, 0.5) is 4.39 Å². The fourth-order valence-electron chi connectivity index (χ4n) is 2.89. The summed E-state index contributed by atoms with van der Waals surface area (Å²) in [6, 6.07) is 12.5. The molecule has 1 aliphatic rings. The van der Waals surface area contributed by atoms with E-state index in [0.717, 1.165) is 24.0 Å². The molecule has 0 aliphatic carbocycles. The van der Waals surface area contributed by atoms with Crippen molar-refractivity contribution in [1.82, 2.24) is 5.32 Å². The van der Waals surface area contributed by atoms with Crippen LogP contribution in [0.15, 0.2) is 42.5 Å². The highest BCUT2D eigenvalue weighted by Gasteiger charge is 2.28. The fourth-order valence-corrected chi connectivity index (χ4v) is 3.07. The molecule has 0 unspecified atom stereocenters. The van der Waals surface area contributed by atoms with Gasteiger partial charge in [-0.15, -0.1) is 0 Å². The Kier molecular flexibility index (Phi) is 4.16. The molecule has 0 bridgehead atoms. The third kappa shape index (κ3) is 3.14. The van der Waals surface area contributed by atoms with E-state index in [1.807, 2.05) is 31.2 Å². The highest BCUT2D eigenvalue weighted by Crippen LogP contribution is 2.27. The first-order valence-electron chi connectivity index (χ1n) is 7.37. The van der Waals surface area contributed by atoms with Gasteiger partial charge in [0.2, 0.25) is 5.91 Å². The number of benzene rings is 2. The van der Waals surface area contributed by atoms with Gasteiger partial charge in [0.05, 0.1) is 0 Å². The molecule has 2 aromatic rings. The lowest BCUT2D eigenvalue weighted by molar-refractivity contribution is -0.122. The van der Waals surface area contributed by atoms with E-state index < -0.39 is 0 Å². The molecule has 0 spiro atoms. The van der Waals surface area contributed by atoms with Gasteiger partial charge in [0, 0.05) is 22.5 Å². The normalized spacial score (nSPS) is 21.0. The summed E-state index contributed by atoms with van der Waals surface area (Å²) in [6.07, 6.45) is 1.66. The molecule has 0 radical (unpaired) electrons. The maximum atomic E-state index is 13.9.